The van der Waals surface area contributed by atoms with E-state index in [4.69, 9.17) is 5.11 Å². The van der Waals surface area contributed by atoms with Crippen LogP contribution in [-0.2, 0) is 9.53 Å². The highest BCUT2D eigenvalue weighted by Crippen LogP contribution is 2.07. The summed E-state index contributed by atoms with van der Waals surface area (Å²) in [5.74, 6) is 0.142. The molecule has 0 radical (unpaired) electrons. The van der Waals surface area contributed by atoms with Crippen LogP contribution in [0.1, 0.15) is 20.3 Å². The van der Waals surface area contributed by atoms with Crippen LogP contribution >= 0.6 is 15.9 Å². The van der Waals surface area contributed by atoms with Crippen molar-refractivity contribution in [2.45, 2.75) is 31.1 Å². The molecular weight excluding hydrogens is 262 g/mol. The van der Waals surface area contributed by atoms with Gasteiger partial charge >= 0.3 is 5.97 Å². The van der Waals surface area contributed by atoms with E-state index in [0.717, 1.165) is 0 Å². The summed E-state index contributed by atoms with van der Waals surface area (Å²) in [6.07, 6.45) is 0.693. The summed E-state index contributed by atoms with van der Waals surface area (Å²) in [7, 11) is 1.37. The van der Waals surface area contributed by atoms with E-state index in [9.17, 15) is 4.79 Å². The highest BCUT2D eigenvalue weighted by Gasteiger charge is 2.18. The molecule has 0 bridgehead atoms. The van der Waals surface area contributed by atoms with Crippen LogP contribution < -0.4 is 5.32 Å². The van der Waals surface area contributed by atoms with Crippen molar-refractivity contribution in [3.63, 3.8) is 0 Å². The average Bonchev–Trinajstić information content (AvgIpc) is 2.21. The zero-order valence-electron chi connectivity index (χ0n) is 9.50. The zero-order valence-corrected chi connectivity index (χ0v) is 11.1. The third-order valence-electron chi connectivity index (χ3n) is 2.26. The highest BCUT2D eigenvalue weighted by molar-refractivity contribution is 9.10. The summed E-state index contributed by atoms with van der Waals surface area (Å²) in [5.41, 5.74) is 0. The van der Waals surface area contributed by atoms with Crippen LogP contribution in [0.15, 0.2) is 0 Å². The van der Waals surface area contributed by atoms with Gasteiger partial charge in [0.1, 0.15) is 4.83 Å². The molecule has 15 heavy (non-hydrogen) atoms. The molecule has 0 fully saturated rings. The zero-order chi connectivity index (χ0) is 11.8. The van der Waals surface area contributed by atoms with Gasteiger partial charge in [0, 0.05) is 19.2 Å². The van der Waals surface area contributed by atoms with Gasteiger partial charge in [-0.2, -0.15) is 0 Å². The number of alkyl halides is 1. The first-order valence-electron chi connectivity index (χ1n) is 5.09. The minimum Gasteiger partial charge on any atom is -0.468 e. The Morgan fingerprint density at radius 1 is 1.53 bits per heavy atom. The second-order valence-corrected chi connectivity index (χ2v) is 4.87. The van der Waals surface area contributed by atoms with Crippen LogP contribution in [0.3, 0.4) is 0 Å². The first-order chi connectivity index (χ1) is 7.02. The Labute approximate surface area is 99.5 Å². The number of ether oxygens (including phenoxy) is 1. The van der Waals surface area contributed by atoms with E-state index in [0.29, 0.717) is 18.9 Å². The fraction of sp³-hybridized carbons (Fsp3) is 0.900. The lowest BCUT2D eigenvalue weighted by atomic mass is 10.0. The minimum absolute atomic E-state index is 0.154. The van der Waals surface area contributed by atoms with Crippen molar-refractivity contribution in [1.82, 2.24) is 5.32 Å². The molecule has 0 aliphatic rings. The summed E-state index contributed by atoms with van der Waals surface area (Å²) in [6, 6.07) is 0.222. The van der Waals surface area contributed by atoms with Gasteiger partial charge in [0.25, 0.3) is 0 Å². The second kappa shape index (κ2) is 8.07. The van der Waals surface area contributed by atoms with Crippen molar-refractivity contribution >= 4 is 21.9 Å². The van der Waals surface area contributed by atoms with Crippen LogP contribution in [0.5, 0.6) is 0 Å². The molecule has 2 unspecified atom stereocenters. The molecule has 0 aromatic carbocycles. The number of carbonyl (C=O) groups excluding carboxylic acids is 1. The fourth-order valence-electron chi connectivity index (χ4n) is 1.28. The van der Waals surface area contributed by atoms with Crippen molar-refractivity contribution in [3.05, 3.63) is 0 Å². The lowest BCUT2D eigenvalue weighted by Crippen LogP contribution is -2.40. The molecule has 0 heterocycles. The Hall–Kier alpha value is -0.130. The van der Waals surface area contributed by atoms with Gasteiger partial charge in [0.15, 0.2) is 0 Å². The Balaban J connectivity index is 3.93. The maximum atomic E-state index is 11.1. The van der Waals surface area contributed by atoms with Crippen molar-refractivity contribution < 1.29 is 14.6 Å². The van der Waals surface area contributed by atoms with Crippen LogP contribution in [0, 0.1) is 5.92 Å². The molecule has 90 valence electrons. The quantitative estimate of drug-likeness (QED) is 0.538. The molecule has 2 N–H and O–H groups in total. The Bertz CT molecular complexity index is 188. The Kier molecular flexibility index (Phi) is 8.00. The predicted molar refractivity (Wildman–Crippen MR) is 63.1 cm³/mol. The molecule has 0 saturated carbocycles. The van der Waals surface area contributed by atoms with Crippen LogP contribution in [0.4, 0.5) is 0 Å². The van der Waals surface area contributed by atoms with Crippen molar-refractivity contribution in [1.29, 1.82) is 0 Å². The standard InChI is InChI=1S/C10H20BrNO3/c1-7(2)9(4-5-13)12-6-8(11)10(14)15-3/h7-9,12-13H,4-6H2,1-3H3. The molecule has 0 rings (SSSR count). The molecule has 0 aliphatic heterocycles. The summed E-state index contributed by atoms with van der Waals surface area (Å²) in [6.45, 7) is 4.82. The van der Waals surface area contributed by atoms with Gasteiger partial charge in [-0.05, 0) is 12.3 Å². The second-order valence-electron chi connectivity index (χ2n) is 3.76. The van der Waals surface area contributed by atoms with Crippen LogP contribution in [0.25, 0.3) is 0 Å². The molecule has 0 spiro atoms. The van der Waals surface area contributed by atoms with Gasteiger partial charge in [0.2, 0.25) is 0 Å². The number of nitrogens with one attached hydrogen (secondary N) is 1. The first-order valence-corrected chi connectivity index (χ1v) is 6.00. The summed E-state index contributed by atoms with van der Waals surface area (Å²) in [4.78, 5) is 10.8. The topological polar surface area (TPSA) is 58.6 Å². The van der Waals surface area contributed by atoms with Gasteiger partial charge < -0.3 is 15.2 Å². The SMILES string of the molecule is COC(=O)C(Br)CNC(CCO)C(C)C. The number of halogens is 1. The van der Waals surface area contributed by atoms with Gasteiger partial charge in [-0.3, -0.25) is 4.79 Å². The van der Waals surface area contributed by atoms with Crippen LogP contribution in [-0.4, -0.2) is 42.2 Å². The number of aliphatic hydroxyl groups is 1. The van der Waals surface area contributed by atoms with E-state index < -0.39 is 0 Å². The minimum atomic E-state index is -0.331. The normalized spacial score (nSPS) is 15.1. The monoisotopic (exact) mass is 281 g/mol. The lowest BCUT2D eigenvalue weighted by Gasteiger charge is -2.22. The number of rotatable bonds is 7. The van der Waals surface area contributed by atoms with E-state index in [1.54, 1.807) is 0 Å². The average molecular weight is 282 g/mol. The smallest absolute Gasteiger partial charge is 0.320 e. The van der Waals surface area contributed by atoms with Crippen molar-refractivity contribution in [3.8, 4) is 0 Å². The number of aliphatic hydroxyl groups excluding tert-OH is 1. The van der Waals surface area contributed by atoms with Gasteiger partial charge in [0.05, 0.1) is 7.11 Å². The maximum Gasteiger partial charge on any atom is 0.320 e. The molecule has 0 aromatic heterocycles. The molecule has 4 nitrogen and oxygen atoms in total. The summed E-state index contributed by atoms with van der Waals surface area (Å²) < 4.78 is 4.59. The van der Waals surface area contributed by atoms with Gasteiger partial charge in [-0.1, -0.05) is 29.8 Å². The maximum absolute atomic E-state index is 11.1. The van der Waals surface area contributed by atoms with Crippen molar-refractivity contribution in [2.75, 3.05) is 20.3 Å². The van der Waals surface area contributed by atoms with E-state index in [1.165, 1.54) is 7.11 Å². The highest BCUT2D eigenvalue weighted by atomic mass is 79.9. The molecule has 2 atom stereocenters. The number of hydrogen-bond donors (Lipinski definition) is 2. The largest absolute Gasteiger partial charge is 0.468 e. The van der Waals surface area contributed by atoms with E-state index in [1.807, 2.05) is 0 Å². The molecule has 0 aromatic rings. The summed E-state index contributed by atoms with van der Waals surface area (Å²) in [5, 5.41) is 12.1. The number of hydrogen-bond acceptors (Lipinski definition) is 4. The first kappa shape index (κ1) is 14.9. The predicted octanol–water partition coefficient (Wildman–Crippen LogP) is 0.919. The molecule has 5 heteroatoms. The third kappa shape index (κ3) is 6.12. The van der Waals surface area contributed by atoms with E-state index in [-0.39, 0.29) is 23.4 Å². The number of carbonyl (C=O) groups is 1. The van der Waals surface area contributed by atoms with Crippen molar-refractivity contribution in [2.24, 2.45) is 5.92 Å². The molecular formula is C10H20BrNO3. The Morgan fingerprint density at radius 2 is 2.13 bits per heavy atom. The molecule has 0 saturated heterocycles. The van der Waals surface area contributed by atoms with E-state index >= 15 is 0 Å². The molecule has 0 amide bonds. The van der Waals surface area contributed by atoms with Gasteiger partial charge in [-0.15, -0.1) is 0 Å². The third-order valence-corrected chi connectivity index (χ3v) is 2.96. The number of esters is 1. The lowest BCUT2D eigenvalue weighted by molar-refractivity contribution is -0.139. The number of methoxy groups -OCH3 is 1. The van der Waals surface area contributed by atoms with E-state index in [2.05, 4.69) is 39.8 Å². The Morgan fingerprint density at radius 3 is 2.53 bits per heavy atom. The fourth-order valence-corrected chi connectivity index (χ4v) is 1.65. The van der Waals surface area contributed by atoms with Gasteiger partial charge in [-0.25, -0.2) is 0 Å². The molecule has 0 aliphatic carbocycles. The van der Waals surface area contributed by atoms with Crippen LogP contribution in [0.2, 0.25) is 0 Å². The summed E-state index contributed by atoms with van der Waals surface area (Å²) >= 11 is 3.23.